The third-order valence-electron chi connectivity index (χ3n) is 4.58. The molecule has 0 radical (unpaired) electrons. The largest absolute Gasteiger partial charge is 0.349 e. The molecule has 2 aromatic rings. The Morgan fingerprint density at radius 1 is 1.27 bits per heavy atom. The van der Waals surface area contributed by atoms with Gasteiger partial charge in [-0.3, -0.25) is 4.79 Å². The van der Waals surface area contributed by atoms with E-state index < -0.39 is 0 Å². The van der Waals surface area contributed by atoms with Crippen LogP contribution in [0.4, 0.5) is 0 Å². The molecule has 0 aliphatic heterocycles. The highest BCUT2D eigenvalue weighted by atomic mass is 32.2. The van der Waals surface area contributed by atoms with Gasteiger partial charge in [0.05, 0.1) is 11.8 Å². The smallest absolute Gasteiger partial charge is 0.230 e. The van der Waals surface area contributed by atoms with Gasteiger partial charge in [-0.15, -0.1) is 10.2 Å². The van der Waals surface area contributed by atoms with E-state index in [0.717, 1.165) is 29.5 Å². The molecule has 1 N–H and O–H groups in total. The van der Waals surface area contributed by atoms with Crippen LogP contribution in [0.2, 0.25) is 0 Å². The van der Waals surface area contributed by atoms with Gasteiger partial charge in [-0.1, -0.05) is 55.9 Å². The molecule has 1 aliphatic carbocycles. The Kier molecular flexibility index (Phi) is 6.35. The summed E-state index contributed by atoms with van der Waals surface area (Å²) in [7, 11) is 0. The lowest BCUT2D eigenvalue weighted by molar-refractivity contribution is -0.119. The van der Waals surface area contributed by atoms with Gasteiger partial charge in [-0.2, -0.15) is 0 Å². The van der Waals surface area contributed by atoms with Gasteiger partial charge in [-0.25, -0.2) is 0 Å². The van der Waals surface area contributed by atoms with Crippen LogP contribution in [0.15, 0.2) is 35.5 Å². The SMILES string of the molecule is CCn1c(SCC(=O)N[C@@H](CC(C)C)c2ccccc2)nnc1C1CC1. The third kappa shape index (κ3) is 4.87. The molecule has 0 unspecified atom stereocenters. The van der Waals surface area contributed by atoms with Gasteiger partial charge in [0, 0.05) is 12.5 Å². The van der Waals surface area contributed by atoms with E-state index in [0.29, 0.717) is 17.6 Å². The number of rotatable bonds is 9. The van der Waals surface area contributed by atoms with Crippen molar-refractivity contribution in [3.63, 3.8) is 0 Å². The number of hydrogen-bond donors (Lipinski definition) is 1. The minimum absolute atomic E-state index is 0.0446. The van der Waals surface area contributed by atoms with Gasteiger partial charge in [0.15, 0.2) is 5.16 Å². The van der Waals surface area contributed by atoms with E-state index in [2.05, 4.69) is 53.0 Å². The highest BCUT2D eigenvalue weighted by Gasteiger charge is 2.30. The molecule has 1 fully saturated rings. The van der Waals surface area contributed by atoms with Crippen LogP contribution in [-0.2, 0) is 11.3 Å². The fraction of sp³-hybridized carbons (Fsp3) is 0.550. The zero-order chi connectivity index (χ0) is 18.5. The molecule has 26 heavy (non-hydrogen) atoms. The topological polar surface area (TPSA) is 59.8 Å². The molecule has 140 valence electrons. The summed E-state index contributed by atoms with van der Waals surface area (Å²) < 4.78 is 2.15. The lowest BCUT2D eigenvalue weighted by Crippen LogP contribution is -2.31. The second-order valence-corrected chi connectivity index (χ2v) is 8.25. The Morgan fingerprint density at radius 3 is 2.62 bits per heavy atom. The number of thioether (sulfide) groups is 1. The molecule has 0 saturated heterocycles. The average molecular weight is 373 g/mol. The van der Waals surface area contributed by atoms with E-state index in [1.807, 2.05) is 18.2 Å². The highest BCUT2D eigenvalue weighted by Crippen LogP contribution is 2.40. The number of aromatic nitrogens is 3. The summed E-state index contributed by atoms with van der Waals surface area (Å²) in [4.78, 5) is 12.5. The summed E-state index contributed by atoms with van der Waals surface area (Å²) in [5, 5.41) is 12.7. The van der Waals surface area contributed by atoms with Crippen molar-refractivity contribution in [1.82, 2.24) is 20.1 Å². The molecule has 1 amide bonds. The Bertz CT molecular complexity index is 725. The standard InChI is InChI=1S/C20H28N4OS/c1-4-24-19(16-10-11-16)22-23-20(24)26-13-18(25)21-17(12-14(2)3)15-8-6-5-7-9-15/h5-9,14,16-17H,4,10-13H2,1-3H3,(H,21,25)/t17-/m0/s1. The minimum Gasteiger partial charge on any atom is -0.349 e. The first kappa shape index (κ1) is 19.0. The maximum atomic E-state index is 12.5. The first-order valence-corrected chi connectivity index (χ1v) is 10.5. The molecule has 3 rings (SSSR count). The van der Waals surface area contributed by atoms with Crippen LogP contribution in [0.1, 0.15) is 63.4 Å². The van der Waals surface area contributed by atoms with Crippen LogP contribution in [0.5, 0.6) is 0 Å². The fourth-order valence-corrected chi connectivity index (χ4v) is 3.97. The Labute approximate surface area is 160 Å². The molecule has 1 heterocycles. The van der Waals surface area contributed by atoms with Crippen molar-refractivity contribution in [1.29, 1.82) is 0 Å². The van der Waals surface area contributed by atoms with Gasteiger partial charge < -0.3 is 9.88 Å². The Morgan fingerprint density at radius 2 is 2.00 bits per heavy atom. The van der Waals surface area contributed by atoms with E-state index in [1.54, 1.807) is 0 Å². The van der Waals surface area contributed by atoms with Crippen molar-refractivity contribution in [2.75, 3.05) is 5.75 Å². The molecule has 0 spiro atoms. The van der Waals surface area contributed by atoms with Crippen molar-refractivity contribution in [2.24, 2.45) is 5.92 Å². The van der Waals surface area contributed by atoms with Crippen molar-refractivity contribution in [3.05, 3.63) is 41.7 Å². The first-order valence-electron chi connectivity index (χ1n) is 9.48. The van der Waals surface area contributed by atoms with Gasteiger partial charge in [-0.05, 0) is 37.7 Å². The first-order chi connectivity index (χ1) is 12.6. The van der Waals surface area contributed by atoms with Crippen molar-refractivity contribution < 1.29 is 4.79 Å². The van der Waals surface area contributed by atoms with Crippen LogP contribution < -0.4 is 5.32 Å². The Hall–Kier alpha value is -1.82. The van der Waals surface area contributed by atoms with Gasteiger partial charge in [0.25, 0.3) is 0 Å². The van der Waals surface area contributed by atoms with Crippen LogP contribution >= 0.6 is 11.8 Å². The molecular weight excluding hydrogens is 344 g/mol. The Balaban J connectivity index is 1.60. The summed E-state index contributed by atoms with van der Waals surface area (Å²) in [5.74, 6) is 2.57. The predicted molar refractivity (Wildman–Crippen MR) is 105 cm³/mol. The second-order valence-electron chi connectivity index (χ2n) is 7.31. The summed E-state index contributed by atoms with van der Waals surface area (Å²) in [6, 6.07) is 10.3. The molecule has 0 bridgehead atoms. The number of carbonyl (C=O) groups excluding carboxylic acids is 1. The summed E-state index contributed by atoms with van der Waals surface area (Å²) in [6.07, 6.45) is 3.34. The normalized spacial score (nSPS) is 15.2. The molecule has 5 nitrogen and oxygen atoms in total. The van der Waals surface area contributed by atoms with E-state index in [-0.39, 0.29) is 11.9 Å². The van der Waals surface area contributed by atoms with Crippen LogP contribution in [-0.4, -0.2) is 26.4 Å². The van der Waals surface area contributed by atoms with E-state index in [9.17, 15) is 4.79 Å². The van der Waals surface area contributed by atoms with Crippen molar-refractivity contribution >= 4 is 17.7 Å². The zero-order valence-corrected chi connectivity index (χ0v) is 16.6. The lowest BCUT2D eigenvalue weighted by atomic mass is 9.97. The molecule has 1 saturated carbocycles. The van der Waals surface area contributed by atoms with Crippen LogP contribution in [0.3, 0.4) is 0 Å². The summed E-state index contributed by atoms with van der Waals surface area (Å²) in [5.41, 5.74) is 1.16. The van der Waals surface area contributed by atoms with Gasteiger partial charge in [0.1, 0.15) is 5.82 Å². The van der Waals surface area contributed by atoms with Gasteiger partial charge in [0.2, 0.25) is 5.91 Å². The monoisotopic (exact) mass is 372 g/mol. The van der Waals surface area contributed by atoms with E-state index in [4.69, 9.17) is 0 Å². The molecular formula is C20H28N4OS. The molecule has 1 aliphatic rings. The number of carbonyl (C=O) groups is 1. The van der Waals surface area contributed by atoms with Gasteiger partial charge >= 0.3 is 0 Å². The predicted octanol–water partition coefficient (Wildman–Crippen LogP) is 4.17. The quantitative estimate of drug-likeness (QED) is 0.671. The van der Waals surface area contributed by atoms with E-state index >= 15 is 0 Å². The number of nitrogens with zero attached hydrogens (tertiary/aromatic N) is 3. The van der Waals surface area contributed by atoms with Crippen molar-refractivity contribution in [3.8, 4) is 0 Å². The second kappa shape index (κ2) is 8.71. The molecule has 6 heteroatoms. The number of benzene rings is 1. The third-order valence-corrected chi connectivity index (χ3v) is 5.55. The highest BCUT2D eigenvalue weighted by molar-refractivity contribution is 7.99. The number of hydrogen-bond acceptors (Lipinski definition) is 4. The maximum Gasteiger partial charge on any atom is 0.230 e. The van der Waals surface area contributed by atoms with Crippen LogP contribution in [0, 0.1) is 5.92 Å². The number of nitrogens with one attached hydrogen (secondary N) is 1. The summed E-state index contributed by atoms with van der Waals surface area (Å²) in [6.45, 7) is 7.32. The van der Waals surface area contributed by atoms with Crippen molar-refractivity contribution in [2.45, 2.75) is 63.7 Å². The van der Waals surface area contributed by atoms with Crippen LogP contribution in [0.25, 0.3) is 0 Å². The maximum absolute atomic E-state index is 12.5. The molecule has 1 atom stereocenters. The molecule has 1 aromatic carbocycles. The van der Waals surface area contributed by atoms with E-state index in [1.165, 1.54) is 24.6 Å². The summed E-state index contributed by atoms with van der Waals surface area (Å²) >= 11 is 1.48. The fourth-order valence-electron chi connectivity index (χ4n) is 3.15. The molecule has 1 aromatic heterocycles. The average Bonchev–Trinajstić information content (AvgIpc) is 3.39. The minimum atomic E-state index is 0.0446. The lowest BCUT2D eigenvalue weighted by Gasteiger charge is -2.21. The zero-order valence-electron chi connectivity index (χ0n) is 15.8. The number of amides is 1.